The third kappa shape index (κ3) is 7.02. The van der Waals surface area contributed by atoms with Crippen LogP contribution in [0.3, 0.4) is 0 Å². The Morgan fingerprint density at radius 3 is 1.69 bits per heavy atom. The predicted octanol–water partition coefficient (Wildman–Crippen LogP) is 3.50. The second-order valence-corrected chi connectivity index (χ2v) is 7.36. The Hall–Kier alpha value is -3.95. The van der Waals surface area contributed by atoms with Crippen LogP contribution in [0.15, 0.2) is 24.3 Å². The molecule has 190 valence electrons. The highest BCUT2D eigenvalue weighted by atomic mass is 16.6. The van der Waals surface area contributed by atoms with Crippen molar-refractivity contribution >= 4 is 17.9 Å². The van der Waals surface area contributed by atoms with Crippen LogP contribution in [0.4, 0.5) is 0 Å². The summed E-state index contributed by atoms with van der Waals surface area (Å²) in [5.74, 6) is -0.0994. The van der Waals surface area contributed by atoms with Crippen LogP contribution in [0.2, 0.25) is 0 Å². The highest BCUT2D eigenvalue weighted by Gasteiger charge is 2.31. The molecule has 0 aliphatic rings. The van der Waals surface area contributed by atoms with Crippen molar-refractivity contribution in [3.8, 4) is 23.0 Å². The molecule has 0 fully saturated rings. The van der Waals surface area contributed by atoms with Gasteiger partial charge in [0.05, 0.1) is 34.0 Å². The highest BCUT2D eigenvalue weighted by Crippen LogP contribution is 2.44. The van der Waals surface area contributed by atoms with E-state index in [1.165, 1.54) is 49.2 Å². The summed E-state index contributed by atoms with van der Waals surface area (Å²) in [5.41, 5.74) is 1.88. The number of carbonyl (C=O) groups is 3. The van der Waals surface area contributed by atoms with E-state index in [9.17, 15) is 14.4 Å². The summed E-state index contributed by atoms with van der Waals surface area (Å²) in [6, 6.07) is 6.59. The first-order chi connectivity index (χ1) is 16.6. The molecule has 10 nitrogen and oxygen atoms in total. The molecule has 0 spiro atoms. The molecule has 0 aliphatic heterocycles. The molecule has 2 rings (SSSR count). The molecule has 0 saturated heterocycles. The fourth-order valence-corrected chi connectivity index (χ4v) is 3.47. The number of methoxy groups -OCH3 is 4. The van der Waals surface area contributed by atoms with Gasteiger partial charge in [-0.2, -0.15) is 0 Å². The Bertz CT molecular complexity index is 1050. The van der Waals surface area contributed by atoms with Crippen molar-refractivity contribution in [1.82, 2.24) is 0 Å². The Balaban J connectivity index is 2.82. The standard InChI is InChI=1S/C25H30O10/c1-14(26)33-12-17-8-22(31-6)24(23(9-17)32-7)25(35-16(3)28)19-10-18(29-4)11-21(30-5)20(19)13-34-15(2)27/h8-11,25H,12-13H2,1-7H3. The number of rotatable bonds is 11. The third-order valence-corrected chi connectivity index (χ3v) is 4.97. The lowest BCUT2D eigenvalue weighted by Crippen LogP contribution is -2.16. The average molecular weight is 491 g/mol. The monoisotopic (exact) mass is 490 g/mol. The third-order valence-electron chi connectivity index (χ3n) is 4.97. The molecule has 1 unspecified atom stereocenters. The fourth-order valence-electron chi connectivity index (χ4n) is 3.47. The van der Waals surface area contributed by atoms with Crippen molar-refractivity contribution in [3.63, 3.8) is 0 Å². The molecule has 0 aromatic heterocycles. The summed E-state index contributed by atoms with van der Waals surface area (Å²) in [4.78, 5) is 35.1. The van der Waals surface area contributed by atoms with Gasteiger partial charge in [0.2, 0.25) is 0 Å². The molecule has 2 aromatic carbocycles. The second kappa shape index (κ2) is 12.5. The van der Waals surface area contributed by atoms with Gasteiger partial charge in [0.25, 0.3) is 0 Å². The van der Waals surface area contributed by atoms with Crippen LogP contribution in [0.1, 0.15) is 49.1 Å². The minimum absolute atomic E-state index is 0.00868. The minimum atomic E-state index is -1.06. The summed E-state index contributed by atoms with van der Waals surface area (Å²) in [6.45, 7) is 3.70. The van der Waals surface area contributed by atoms with E-state index in [-0.39, 0.29) is 13.2 Å². The number of hydrogen-bond donors (Lipinski definition) is 0. The molecule has 2 aromatic rings. The number of benzene rings is 2. The molecule has 0 radical (unpaired) electrons. The zero-order chi connectivity index (χ0) is 26.1. The van der Waals surface area contributed by atoms with Crippen molar-refractivity contribution in [2.75, 3.05) is 28.4 Å². The van der Waals surface area contributed by atoms with Crippen LogP contribution in [-0.2, 0) is 41.8 Å². The molecule has 10 heteroatoms. The van der Waals surface area contributed by atoms with E-state index in [2.05, 4.69) is 0 Å². The fraction of sp³-hybridized carbons (Fsp3) is 0.400. The van der Waals surface area contributed by atoms with E-state index in [0.717, 1.165) is 0 Å². The van der Waals surface area contributed by atoms with E-state index in [1.807, 2.05) is 0 Å². The molecule has 35 heavy (non-hydrogen) atoms. The van der Waals surface area contributed by atoms with Crippen LogP contribution in [0.5, 0.6) is 23.0 Å². The lowest BCUT2D eigenvalue weighted by Gasteiger charge is -2.26. The predicted molar refractivity (Wildman–Crippen MR) is 124 cm³/mol. The largest absolute Gasteiger partial charge is 0.497 e. The van der Waals surface area contributed by atoms with Gasteiger partial charge in [0.1, 0.15) is 36.2 Å². The van der Waals surface area contributed by atoms with E-state index < -0.39 is 24.0 Å². The molecule has 0 aliphatic carbocycles. The van der Waals surface area contributed by atoms with Gasteiger partial charge in [-0.3, -0.25) is 14.4 Å². The first-order valence-electron chi connectivity index (χ1n) is 10.6. The Morgan fingerprint density at radius 2 is 1.23 bits per heavy atom. The molecule has 0 saturated carbocycles. The Labute approximate surface area is 204 Å². The first kappa shape index (κ1) is 27.3. The normalized spacial score (nSPS) is 11.2. The highest BCUT2D eigenvalue weighted by molar-refractivity contribution is 5.69. The smallest absolute Gasteiger partial charge is 0.303 e. The Morgan fingerprint density at radius 1 is 0.686 bits per heavy atom. The van der Waals surface area contributed by atoms with E-state index in [1.54, 1.807) is 24.3 Å². The van der Waals surface area contributed by atoms with Crippen LogP contribution < -0.4 is 18.9 Å². The molecular weight excluding hydrogens is 460 g/mol. The van der Waals surface area contributed by atoms with Crippen LogP contribution in [-0.4, -0.2) is 46.3 Å². The summed E-state index contributed by atoms with van der Waals surface area (Å²) in [6.07, 6.45) is -1.06. The zero-order valence-electron chi connectivity index (χ0n) is 20.9. The molecule has 0 bridgehead atoms. The molecule has 1 atom stereocenters. The van der Waals surface area contributed by atoms with Crippen LogP contribution >= 0.6 is 0 Å². The number of esters is 3. The summed E-state index contributed by atoms with van der Waals surface area (Å²) < 4.78 is 38.3. The summed E-state index contributed by atoms with van der Waals surface area (Å²) >= 11 is 0. The second-order valence-electron chi connectivity index (χ2n) is 7.36. The van der Waals surface area contributed by atoms with Crippen molar-refractivity contribution in [2.45, 2.75) is 40.1 Å². The van der Waals surface area contributed by atoms with Gasteiger partial charge in [0.15, 0.2) is 6.10 Å². The maximum absolute atomic E-state index is 12.2. The van der Waals surface area contributed by atoms with Gasteiger partial charge in [-0.05, 0) is 23.8 Å². The molecule has 0 N–H and O–H groups in total. The van der Waals surface area contributed by atoms with Crippen molar-refractivity contribution in [1.29, 1.82) is 0 Å². The number of ether oxygens (including phenoxy) is 7. The maximum Gasteiger partial charge on any atom is 0.303 e. The zero-order valence-corrected chi connectivity index (χ0v) is 20.9. The van der Waals surface area contributed by atoms with Gasteiger partial charge in [-0.15, -0.1) is 0 Å². The minimum Gasteiger partial charge on any atom is -0.497 e. The van der Waals surface area contributed by atoms with Crippen molar-refractivity contribution in [2.24, 2.45) is 0 Å². The van der Waals surface area contributed by atoms with Crippen LogP contribution in [0.25, 0.3) is 0 Å². The quantitative estimate of drug-likeness (QED) is 0.342. The van der Waals surface area contributed by atoms with Crippen molar-refractivity contribution in [3.05, 3.63) is 46.5 Å². The molecular formula is C25H30O10. The summed E-state index contributed by atoms with van der Waals surface area (Å²) in [7, 11) is 5.84. The van der Waals surface area contributed by atoms with Gasteiger partial charge in [-0.25, -0.2) is 0 Å². The van der Waals surface area contributed by atoms with Crippen LogP contribution in [0, 0.1) is 0 Å². The van der Waals surface area contributed by atoms with E-state index in [0.29, 0.717) is 45.3 Å². The van der Waals surface area contributed by atoms with Gasteiger partial charge in [0, 0.05) is 38.0 Å². The Kier molecular flexibility index (Phi) is 9.74. The van der Waals surface area contributed by atoms with Gasteiger partial charge in [-0.1, -0.05) is 0 Å². The van der Waals surface area contributed by atoms with Gasteiger partial charge >= 0.3 is 17.9 Å². The number of carbonyl (C=O) groups excluding carboxylic acids is 3. The lowest BCUT2D eigenvalue weighted by molar-refractivity contribution is -0.146. The lowest BCUT2D eigenvalue weighted by atomic mass is 9.93. The molecule has 0 amide bonds. The SMILES string of the molecule is COc1cc(OC)c(COC(C)=O)c(C(OC(C)=O)c2c(OC)cc(COC(C)=O)cc2OC)c1. The van der Waals surface area contributed by atoms with E-state index in [4.69, 9.17) is 33.2 Å². The average Bonchev–Trinajstić information content (AvgIpc) is 2.83. The van der Waals surface area contributed by atoms with Gasteiger partial charge < -0.3 is 33.2 Å². The first-order valence-corrected chi connectivity index (χ1v) is 10.6. The molecule has 0 heterocycles. The maximum atomic E-state index is 12.2. The van der Waals surface area contributed by atoms with Crippen molar-refractivity contribution < 1.29 is 47.5 Å². The number of hydrogen-bond acceptors (Lipinski definition) is 10. The van der Waals surface area contributed by atoms with E-state index >= 15 is 0 Å². The summed E-state index contributed by atoms with van der Waals surface area (Å²) in [5, 5.41) is 0. The topological polar surface area (TPSA) is 116 Å².